The quantitative estimate of drug-likeness (QED) is 0.538. The molecular weight excluding hydrogens is 429 g/mol. The highest BCUT2D eigenvalue weighted by molar-refractivity contribution is 6.30. The summed E-state index contributed by atoms with van der Waals surface area (Å²) in [6.45, 7) is 9.15. The Morgan fingerprint density at radius 1 is 1.16 bits per heavy atom. The second-order valence-electron chi connectivity index (χ2n) is 8.73. The molecule has 0 bridgehead atoms. The largest absolute Gasteiger partial charge is 0.484 e. The zero-order valence-electron chi connectivity index (χ0n) is 18.9. The molecule has 0 aliphatic carbocycles. The standard InChI is InChI=1S/C25H33ClFN3O2/c1-19(2)15-28-12-11-23-17-29(16-20-3-7-22(27)8-4-20)13-14-30(23)25(31)18-32-24-9-5-21(26)6-10-24/h3-10,19,23,28H,11-18H2,1-2H3. The molecule has 1 atom stereocenters. The molecule has 7 heteroatoms. The SMILES string of the molecule is CC(C)CNCCC1CN(Cc2ccc(F)cc2)CCN1C(=O)COc1ccc(Cl)cc1. The normalized spacial score (nSPS) is 17.0. The maximum atomic E-state index is 13.2. The summed E-state index contributed by atoms with van der Waals surface area (Å²) in [6.07, 6.45) is 0.874. The van der Waals surface area contributed by atoms with Gasteiger partial charge in [0.2, 0.25) is 0 Å². The molecule has 0 saturated carbocycles. The molecule has 1 N–H and O–H groups in total. The van der Waals surface area contributed by atoms with Crippen LogP contribution >= 0.6 is 11.6 Å². The minimum Gasteiger partial charge on any atom is -0.484 e. The number of piperazine rings is 1. The van der Waals surface area contributed by atoms with Gasteiger partial charge in [-0.2, -0.15) is 0 Å². The summed E-state index contributed by atoms with van der Waals surface area (Å²) >= 11 is 5.91. The monoisotopic (exact) mass is 461 g/mol. The van der Waals surface area contributed by atoms with Gasteiger partial charge in [0.25, 0.3) is 5.91 Å². The highest BCUT2D eigenvalue weighted by atomic mass is 35.5. The van der Waals surface area contributed by atoms with E-state index in [2.05, 4.69) is 24.1 Å². The topological polar surface area (TPSA) is 44.8 Å². The van der Waals surface area contributed by atoms with E-state index in [-0.39, 0.29) is 24.4 Å². The van der Waals surface area contributed by atoms with Gasteiger partial charge in [-0.25, -0.2) is 4.39 Å². The van der Waals surface area contributed by atoms with Crippen LogP contribution in [0.2, 0.25) is 5.02 Å². The third-order valence-electron chi connectivity index (χ3n) is 5.59. The Morgan fingerprint density at radius 2 is 1.88 bits per heavy atom. The maximum absolute atomic E-state index is 13.2. The van der Waals surface area contributed by atoms with Crippen molar-refractivity contribution in [2.24, 2.45) is 5.92 Å². The molecule has 0 spiro atoms. The van der Waals surface area contributed by atoms with E-state index < -0.39 is 0 Å². The Balaban J connectivity index is 1.58. The first kappa shape index (κ1) is 24.5. The molecule has 174 valence electrons. The van der Waals surface area contributed by atoms with E-state index in [0.717, 1.165) is 44.7 Å². The van der Waals surface area contributed by atoms with Gasteiger partial charge in [0.1, 0.15) is 11.6 Å². The molecule has 2 aromatic carbocycles. The van der Waals surface area contributed by atoms with Crippen LogP contribution in [-0.4, -0.2) is 61.1 Å². The summed E-state index contributed by atoms with van der Waals surface area (Å²) in [6, 6.07) is 13.8. The van der Waals surface area contributed by atoms with Crippen molar-refractivity contribution in [1.29, 1.82) is 0 Å². The van der Waals surface area contributed by atoms with Gasteiger partial charge in [-0.15, -0.1) is 0 Å². The molecule has 0 aromatic heterocycles. The van der Waals surface area contributed by atoms with Crippen molar-refractivity contribution in [1.82, 2.24) is 15.1 Å². The number of halogens is 2. The summed E-state index contributed by atoms with van der Waals surface area (Å²) in [5.74, 6) is 0.990. The van der Waals surface area contributed by atoms with E-state index in [0.29, 0.717) is 23.2 Å². The highest BCUT2D eigenvalue weighted by Gasteiger charge is 2.30. The van der Waals surface area contributed by atoms with Gasteiger partial charge in [0.15, 0.2) is 6.61 Å². The predicted octanol–water partition coefficient (Wildman–Crippen LogP) is 4.21. The van der Waals surface area contributed by atoms with Gasteiger partial charge < -0.3 is 15.0 Å². The van der Waals surface area contributed by atoms with Crippen molar-refractivity contribution in [3.05, 3.63) is 64.9 Å². The molecule has 1 saturated heterocycles. The zero-order valence-corrected chi connectivity index (χ0v) is 19.7. The van der Waals surface area contributed by atoms with Crippen LogP contribution in [0, 0.1) is 11.7 Å². The maximum Gasteiger partial charge on any atom is 0.260 e. The fourth-order valence-electron chi connectivity index (χ4n) is 3.90. The van der Waals surface area contributed by atoms with Crippen LogP contribution in [0.15, 0.2) is 48.5 Å². The fourth-order valence-corrected chi connectivity index (χ4v) is 4.03. The van der Waals surface area contributed by atoms with Crippen LogP contribution in [0.4, 0.5) is 4.39 Å². The second kappa shape index (κ2) is 12.2. The number of ether oxygens (including phenoxy) is 1. The van der Waals surface area contributed by atoms with E-state index in [9.17, 15) is 9.18 Å². The van der Waals surface area contributed by atoms with Crippen LogP contribution in [0.1, 0.15) is 25.8 Å². The number of carbonyl (C=O) groups excluding carboxylic acids is 1. The van der Waals surface area contributed by atoms with Crippen LogP contribution < -0.4 is 10.1 Å². The van der Waals surface area contributed by atoms with E-state index >= 15 is 0 Å². The summed E-state index contributed by atoms with van der Waals surface area (Å²) in [4.78, 5) is 17.3. The fraction of sp³-hybridized carbons (Fsp3) is 0.480. The first-order valence-corrected chi connectivity index (χ1v) is 11.6. The molecule has 0 radical (unpaired) electrons. The van der Waals surface area contributed by atoms with Gasteiger partial charge in [0.05, 0.1) is 0 Å². The molecule has 1 fully saturated rings. The lowest BCUT2D eigenvalue weighted by Crippen LogP contribution is -2.56. The van der Waals surface area contributed by atoms with Crippen LogP contribution in [0.5, 0.6) is 5.75 Å². The molecule has 1 aliphatic rings. The van der Waals surface area contributed by atoms with Crippen molar-refractivity contribution >= 4 is 17.5 Å². The molecule has 32 heavy (non-hydrogen) atoms. The van der Waals surface area contributed by atoms with Gasteiger partial charge in [-0.05, 0) is 67.4 Å². The molecule has 1 heterocycles. The average Bonchev–Trinajstić information content (AvgIpc) is 2.78. The number of amides is 1. The summed E-state index contributed by atoms with van der Waals surface area (Å²) in [5, 5.41) is 4.12. The number of rotatable bonds is 10. The van der Waals surface area contributed by atoms with Crippen molar-refractivity contribution in [3.8, 4) is 5.75 Å². The number of hydrogen-bond donors (Lipinski definition) is 1. The average molecular weight is 462 g/mol. The smallest absolute Gasteiger partial charge is 0.260 e. The molecule has 1 unspecified atom stereocenters. The summed E-state index contributed by atoms with van der Waals surface area (Å²) in [7, 11) is 0. The molecule has 1 amide bonds. The summed E-state index contributed by atoms with van der Waals surface area (Å²) < 4.78 is 18.9. The molecule has 5 nitrogen and oxygen atoms in total. The second-order valence-corrected chi connectivity index (χ2v) is 9.17. The van der Waals surface area contributed by atoms with E-state index in [1.54, 1.807) is 24.3 Å². The Kier molecular flexibility index (Phi) is 9.33. The Hall–Kier alpha value is -2.15. The predicted molar refractivity (Wildman–Crippen MR) is 126 cm³/mol. The Labute approximate surface area is 195 Å². The van der Waals surface area contributed by atoms with Gasteiger partial charge >= 0.3 is 0 Å². The van der Waals surface area contributed by atoms with Gasteiger partial charge in [0, 0.05) is 37.2 Å². The number of nitrogens with zero attached hydrogens (tertiary/aromatic N) is 2. The van der Waals surface area contributed by atoms with Crippen molar-refractivity contribution < 1.29 is 13.9 Å². The lowest BCUT2D eigenvalue weighted by molar-refractivity contribution is -0.138. The highest BCUT2D eigenvalue weighted by Crippen LogP contribution is 2.18. The molecule has 1 aliphatic heterocycles. The van der Waals surface area contributed by atoms with Crippen LogP contribution in [0.25, 0.3) is 0 Å². The van der Waals surface area contributed by atoms with Crippen molar-refractivity contribution in [3.63, 3.8) is 0 Å². The lowest BCUT2D eigenvalue weighted by atomic mass is 10.1. The third-order valence-corrected chi connectivity index (χ3v) is 5.84. The molecular formula is C25H33ClFN3O2. The number of nitrogens with one attached hydrogen (secondary N) is 1. The van der Waals surface area contributed by atoms with Crippen LogP contribution in [0.3, 0.4) is 0 Å². The summed E-state index contributed by atoms with van der Waals surface area (Å²) in [5.41, 5.74) is 1.08. The first-order valence-electron chi connectivity index (χ1n) is 11.3. The van der Waals surface area contributed by atoms with Gasteiger partial charge in [-0.1, -0.05) is 37.6 Å². The third kappa shape index (κ3) is 7.76. The van der Waals surface area contributed by atoms with Crippen LogP contribution in [-0.2, 0) is 11.3 Å². The van der Waals surface area contributed by atoms with E-state index in [4.69, 9.17) is 16.3 Å². The minimum atomic E-state index is -0.223. The van der Waals surface area contributed by atoms with E-state index in [1.165, 1.54) is 12.1 Å². The van der Waals surface area contributed by atoms with E-state index in [1.807, 2.05) is 17.0 Å². The molecule has 2 aromatic rings. The Bertz CT molecular complexity index is 845. The first-order chi connectivity index (χ1) is 15.4. The lowest BCUT2D eigenvalue weighted by Gasteiger charge is -2.41. The minimum absolute atomic E-state index is 0.00441. The van der Waals surface area contributed by atoms with Gasteiger partial charge in [-0.3, -0.25) is 9.69 Å². The van der Waals surface area contributed by atoms with Crippen molar-refractivity contribution in [2.45, 2.75) is 32.9 Å². The zero-order chi connectivity index (χ0) is 22.9. The number of hydrogen-bond acceptors (Lipinski definition) is 4. The number of carbonyl (C=O) groups is 1. The molecule has 3 rings (SSSR count). The number of benzene rings is 2. The Morgan fingerprint density at radius 3 is 2.56 bits per heavy atom. The van der Waals surface area contributed by atoms with Crippen molar-refractivity contribution in [2.75, 3.05) is 39.3 Å².